The van der Waals surface area contributed by atoms with E-state index in [9.17, 15) is 0 Å². The van der Waals surface area contributed by atoms with Gasteiger partial charge < -0.3 is 10.1 Å². The molecule has 19 heavy (non-hydrogen) atoms. The largest absolute Gasteiger partial charge is 0.479 e. The molecule has 1 aromatic rings. The van der Waals surface area contributed by atoms with Gasteiger partial charge in [0.2, 0.25) is 0 Å². The van der Waals surface area contributed by atoms with Crippen molar-refractivity contribution >= 4 is 11.8 Å². The van der Waals surface area contributed by atoms with Crippen LogP contribution in [0.3, 0.4) is 0 Å². The number of nitrogens with one attached hydrogen (secondary N) is 1. The minimum absolute atomic E-state index is 0.101. The molecular formula is C15H22N2OS. The molecule has 104 valence electrons. The molecule has 0 heterocycles. The van der Waals surface area contributed by atoms with Crippen LogP contribution in [0, 0.1) is 11.3 Å². The minimum Gasteiger partial charge on any atom is -0.479 e. The van der Waals surface area contributed by atoms with Crippen LogP contribution in [0.4, 0.5) is 0 Å². The maximum absolute atomic E-state index is 8.43. The second kappa shape index (κ2) is 9.71. The van der Waals surface area contributed by atoms with Crippen LogP contribution in [0.25, 0.3) is 0 Å². The second-order valence-electron chi connectivity index (χ2n) is 4.36. The number of nitrogens with zero attached hydrogens (tertiary/aromatic N) is 1. The Labute approximate surface area is 120 Å². The van der Waals surface area contributed by atoms with Crippen LogP contribution >= 0.6 is 11.8 Å². The summed E-state index contributed by atoms with van der Waals surface area (Å²) in [5.74, 6) is 3.15. The molecule has 0 aliphatic rings. The van der Waals surface area contributed by atoms with E-state index in [1.54, 1.807) is 0 Å². The fourth-order valence-corrected chi connectivity index (χ4v) is 2.43. The standard InChI is InChI=1S/C15H22N2OS/c1-3-19-11-8-13(2)17-12-14-4-6-15(7-5-14)18-10-9-16/h4-7,13,17H,3,8,10-12H2,1-2H3. The van der Waals surface area contributed by atoms with Crippen molar-refractivity contribution in [3.8, 4) is 11.8 Å². The first kappa shape index (κ1) is 15.9. The average Bonchev–Trinajstić information content (AvgIpc) is 2.44. The van der Waals surface area contributed by atoms with E-state index in [-0.39, 0.29) is 6.61 Å². The van der Waals surface area contributed by atoms with Gasteiger partial charge in [0, 0.05) is 12.6 Å². The molecule has 0 aromatic heterocycles. The van der Waals surface area contributed by atoms with Crippen molar-refractivity contribution in [2.24, 2.45) is 0 Å². The molecule has 1 aromatic carbocycles. The number of thioether (sulfide) groups is 1. The molecule has 0 saturated carbocycles. The second-order valence-corrected chi connectivity index (χ2v) is 5.75. The fraction of sp³-hybridized carbons (Fsp3) is 0.533. The number of hydrogen-bond acceptors (Lipinski definition) is 4. The van der Waals surface area contributed by atoms with Crippen LogP contribution in [0.5, 0.6) is 5.75 Å². The number of benzene rings is 1. The fourth-order valence-electron chi connectivity index (χ4n) is 1.62. The molecule has 0 fully saturated rings. The molecule has 3 nitrogen and oxygen atoms in total. The van der Waals surface area contributed by atoms with E-state index >= 15 is 0 Å². The zero-order valence-electron chi connectivity index (χ0n) is 11.7. The molecule has 1 atom stereocenters. The molecule has 0 aliphatic carbocycles. The summed E-state index contributed by atoms with van der Waals surface area (Å²) in [5, 5.41) is 11.9. The highest BCUT2D eigenvalue weighted by Gasteiger charge is 2.01. The van der Waals surface area contributed by atoms with E-state index in [1.165, 1.54) is 23.5 Å². The molecule has 0 bridgehead atoms. The van der Waals surface area contributed by atoms with Gasteiger partial charge >= 0.3 is 0 Å². The smallest absolute Gasteiger partial charge is 0.174 e. The first-order valence-corrected chi connectivity index (χ1v) is 7.81. The first-order chi connectivity index (χ1) is 9.26. The summed E-state index contributed by atoms with van der Waals surface area (Å²) in [6, 6.07) is 10.4. The van der Waals surface area contributed by atoms with Gasteiger partial charge in [-0.3, -0.25) is 0 Å². The quantitative estimate of drug-likeness (QED) is 0.705. The van der Waals surface area contributed by atoms with E-state index < -0.39 is 0 Å². The molecule has 0 aliphatic heterocycles. The van der Waals surface area contributed by atoms with Gasteiger partial charge in [-0.25, -0.2) is 0 Å². The summed E-state index contributed by atoms with van der Waals surface area (Å²) in [5.41, 5.74) is 1.24. The molecule has 4 heteroatoms. The van der Waals surface area contributed by atoms with Crippen LogP contribution in [-0.4, -0.2) is 24.2 Å². The summed E-state index contributed by atoms with van der Waals surface area (Å²) in [6.07, 6.45) is 1.20. The highest BCUT2D eigenvalue weighted by molar-refractivity contribution is 7.99. The summed E-state index contributed by atoms with van der Waals surface area (Å²) >= 11 is 1.98. The first-order valence-electron chi connectivity index (χ1n) is 6.66. The Morgan fingerprint density at radius 1 is 1.37 bits per heavy atom. The molecule has 1 unspecified atom stereocenters. The van der Waals surface area contributed by atoms with Crippen molar-refractivity contribution in [2.45, 2.75) is 32.9 Å². The third-order valence-electron chi connectivity index (χ3n) is 2.78. The van der Waals surface area contributed by atoms with Gasteiger partial charge in [-0.05, 0) is 42.5 Å². The van der Waals surface area contributed by atoms with Crippen molar-refractivity contribution in [3.05, 3.63) is 29.8 Å². The lowest BCUT2D eigenvalue weighted by Crippen LogP contribution is -2.25. The Morgan fingerprint density at radius 3 is 2.74 bits per heavy atom. The lowest BCUT2D eigenvalue weighted by molar-refractivity contribution is 0.368. The lowest BCUT2D eigenvalue weighted by Gasteiger charge is -2.13. The van der Waals surface area contributed by atoms with Crippen molar-refractivity contribution in [1.29, 1.82) is 5.26 Å². The number of nitriles is 1. The molecule has 0 radical (unpaired) electrons. The Kier molecular flexibility index (Phi) is 8.11. The summed E-state index contributed by atoms with van der Waals surface area (Å²) in [4.78, 5) is 0. The van der Waals surface area contributed by atoms with Gasteiger partial charge in [0.25, 0.3) is 0 Å². The van der Waals surface area contributed by atoms with E-state index in [0.29, 0.717) is 6.04 Å². The predicted octanol–water partition coefficient (Wildman–Crippen LogP) is 3.21. The third-order valence-corrected chi connectivity index (χ3v) is 3.71. The van der Waals surface area contributed by atoms with Gasteiger partial charge in [-0.15, -0.1) is 0 Å². The molecule has 0 spiro atoms. The van der Waals surface area contributed by atoms with Gasteiger partial charge in [0.15, 0.2) is 6.61 Å². The molecule has 1 rings (SSSR count). The Hall–Kier alpha value is -1.18. The SMILES string of the molecule is CCSCCC(C)NCc1ccc(OCC#N)cc1. The highest BCUT2D eigenvalue weighted by atomic mass is 32.2. The van der Waals surface area contributed by atoms with E-state index in [2.05, 4.69) is 19.2 Å². The number of hydrogen-bond donors (Lipinski definition) is 1. The normalized spacial score (nSPS) is 11.8. The molecule has 1 N–H and O–H groups in total. The van der Waals surface area contributed by atoms with Gasteiger partial charge in [-0.1, -0.05) is 19.1 Å². The maximum atomic E-state index is 8.43. The Balaban J connectivity index is 2.27. The molecule has 0 amide bonds. The van der Waals surface area contributed by atoms with Crippen molar-refractivity contribution in [1.82, 2.24) is 5.32 Å². The minimum atomic E-state index is 0.101. The van der Waals surface area contributed by atoms with Gasteiger partial charge in [-0.2, -0.15) is 17.0 Å². The van der Waals surface area contributed by atoms with E-state index in [1.807, 2.05) is 42.1 Å². The van der Waals surface area contributed by atoms with Crippen molar-refractivity contribution in [2.75, 3.05) is 18.1 Å². The van der Waals surface area contributed by atoms with Crippen LogP contribution in [0.2, 0.25) is 0 Å². The van der Waals surface area contributed by atoms with Crippen LogP contribution in [-0.2, 0) is 6.54 Å². The van der Waals surface area contributed by atoms with Gasteiger partial charge in [0.1, 0.15) is 11.8 Å². The zero-order chi connectivity index (χ0) is 13.9. The Bertz CT molecular complexity index is 386. The maximum Gasteiger partial charge on any atom is 0.174 e. The summed E-state index contributed by atoms with van der Waals surface area (Å²) in [6.45, 7) is 5.39. The molecular weight excluding hydrogens is 256 g/mol. The molecule has 0 saturated heterocycles. The van der Waals surface area contributed by atoms with Crippen molar-refractivity contribution < 1.29 is 4.74 Å². The van der Waals surface area contributed by atoms with E-state index in [4.69, 9.17) is 10.00 Å². The predicted molar refractivity (Wildman–Crippen MR) is 81.5 cm³/mol. The monoisotopic (exact) mass is 278 g/mol. The average molecular weight is 278 g/mol. The number of rotatable bonds is 9. The summed E-state index contributed by atoms with van der Waals surface area (Å²) in [7, 11) is 0. The van der Waals surface area contributed by atoms with E-state index in [0.717, 1.165) is 12.3 Å². The number of ether oxygens (including phenoxy) is 1. The topological polar surface area (TPSA) is 45.0 Å². The summed E-state index contributed by atoms with van der Waals surface area (Å²) < 4.78 is 5.22. The highest BCUT2D eigenvalue weighted by Crippen LogP contribution is 2.12. The van der Waals surface area contributed by atoms with Crippen LogP contribution in [0.1, 0.15) is 25.8 Å². The van der Waals surface area contributed by atoms with Gasteiger partial charge in [0.05, 0.1) is 0 Å². The Morgan fingerprint density at radius 2 is 2.11 bits per heavy atom. The van der Waals surface area contributed by atoms with Crippen LogP contribution in [0.15, 0.2) is 24.3 Å². The third kappa shape index (κ3) is 7.09. The zero-order valence-corrected chi connectivity index (χ0v) is 12.5. The lowest BCUT2D eigenvalue weighted by atomic mass is 10.2. The van der Waals surface area contributed by atoms with Crippen LogP contribution < -0.4 is 10.1 Å². The van der Waals surface area contributed by atoms with Crippen molar-refractivity contribution in [3.63, 3.8) is 0 Å².